The summed E-state index contributed by atoms with van der Waals surface area (Å²) in [5, 5.41) is 3.43. The van der Waals surface area contributed by atoms with Gasteiger partial charge in [-0.2, -0.15) is 0 Å². The molecule has 0 bridgehead atoms. The molecule has 1 aliphatic rings. The summed E-state index contributed by atoms with van der Waals surface area (Å²) in [5.74, 6) is 1.25. The van der Waals surface area contributed by atoms with E-state index in [0.717, 1.165) is 38.7 Å². The molecule has 2 unspecified atom stereocenters. The number of rotatable bonds is 6. The van der Waals surface area contributed by atoms with Gasteiger partial charge >= 0.3 is 0 Å². The molecule has 1 rings (SSSR count). The van der Waals surface area contributed by atoms with Crippen molar-refractivity contribution in [3.63, 3.8) is 0 Å². The molecule has 0 aromatic carbocycles. The molecule has 0 spiro atoms. The summed E-state index contributed by atoms with van der Waals surface area (Å²) in [5.41, 5.74) is 0. The van der Waals surface area contributed by atoms with Crippen molar-refractivity contribution in [2.45, 2.75) is 32.9 Å². The van der Waals surface area contributed by atoms with Gasteiger partial charge in [0.1, 0.15) is 0 Å². The fourth-order valence-electron chi connectivity index (χ4n) is 1.88. The Morgan fingerprint density at radius 1 is 1.44 bits per heavy atom. The van der Waals surface area contributed by atoms with Crippen LogP contribution in [-0.4, -0.2) is 55.7 Å². The molecular weight excluding hydrogens is 224 g/mol. The predicted octanol–water partition coefficient (Wildman–Crippen LogP) is 1.56. The molecule has 1 aliphatic heterocycles. The summed E-state index contributed by atoms with van der Waals surface area (Å²) >= 11 is 5.76. The van der Waals surface area contributed by atoms with Gasteiger partial charge in [-0.3, -0.25) is 4.90 Å². The molecule has 16 heavy (non-hydrogen) atoms. The minimum Gasteiger partial charge on any atom is -0.374 e. The van der Waals surface area contributed by atoms with E-state index in [2.05, 4.69) is 31.0 Å². The second-order valence-corrected chi connectivity index (χ2v) is 5.31. The number of hydrogen-bond acceptors (Lipinski definition) is 3. The van der Waals surface area contributed by atoms with Gasteiger partial charge in [-0.25, -0.2) is 0 Å². The average molecular weight is 249 g/mol. The number of halogens is 1. The first kappa shape index (κ1) is 14.2. The first-order valence-electron chi connectivity index (χ1n) is 6.25. The number of ether oxygens (including phenoxy) is 1. The Balaban J connectivity index is 2.17. The first-order valence-corrected chi connectivity index (χ1v) is 6.79. The van der Waals surface area contributed by atoms with E-state index < -0.39 is 0 Å². The van der Waals surface area contributed by atoms with E-state index in [0.29, 0.717) is 18.1 Å². The Morgan fingerprint density at radius 3 is 2.81 bits per heavy atom. The molecule has 1 fully saturated rings. The van der Waals surface area contributed by atoms with Crippen molar-refractivity contribution in [3.05, 3.63) is 0 Å². The highest BCUT2D eigenvalue weighted by molar-refractivity contribution is 6.18. The van der Waals surface area contributed by atoms with E-state index in [1.807, 2.05) is 0 Å². The lowest BCUT2D eigenvalue weighted by Crippen LogP contribution is -2.49. The molecule has 0 amide bonds. The fourth-order valence-corrected chi connectivity index (χ4v) is 1.99. The van der Waals surface area contributed by atoms with Gasteiger partial charge in [-0.1, -0.05) is 6.92 Å². The summed E-state index contributed by atoms with van der Waals surface area (Å²) in [6.45, 7) is 11.5. The maximum absolute atomic E-state index is 5.76. The number of hydrogen-bond donors (Lipinski definition) is 1. The van der Waals surface area contributed by atoms with Crippen LogP contribution in [0.1, 0.15) is 20.8 Å². The molecule has 0 saturated carbocycles. The molecule has 96 valence electrons. The molecule has 1 heterocycles. The van der Waals surface area contributed by atoms with Crippen LogP contribution in [0.4, 0.5) is 0 Å². The Morgan fingerprint density at radius 2 is 2.19 bits per heavy atom. The van der Waals surface area contributed by atoms with E-state index in [4.69, 9.17) is 16.3 Å². The van der Waals surface area contributed by atoms with Crippen molar-refractivity contribution in [2.75, 3.05) is 38.7 Å². The quantitative estimate of drug-likeness (QED) is 0.722. The Hall–Kier alpha value is 0.170. The van der Waals surface area contributed by atoms with Crippen molar-refractivity contribution in [2.24, 2.45) is 5.92 Å². The Kier molecular flexibility index (Phi) is 6.66. The highest BCUT2D eigenvalue weighted by Crippen LogP contribution is 2.08. The van der Waals surface area contributed by atoms with Gasteiger partial charge in [0.05, 0.1) is 12.7 Å². The third-order valence-electron chi connectivity index (χ3n) is 3.03. The van der Waals surface area contributed by atoms with Crippen LogP contribution in [0.25, 0.3) is 0 Å². The molecule has 0 aromatic heterocycles. The van der Waals surface area contributed by atoms with E-state index in [9.17, 15) is 0 Å². The van der Waals surface area contributed by atoms with Crippen molar-refractivity contribution in [1.29, 1.82) is 0 Å². The lowest BCUT2D eigenvalue weighted by Gasteiger charge is -2.35. The average Bonchev–Trinajstić information content (AvgIpc) is 2.29. The normalized spacial score (nSPS) is 24.9. The van der Waals surface area contributed by atoms with Gasteiger partial charge in [0, 0.05) is 31.6 Å². The second-order valence-electron chi connectivity index (χ2n) is 5.00. The standard InChI is InChI=1S/C12H25ClN2O/c1-10(2)15-4-5-16-12(9-15)8-14-7-11(3)6-13/h10-12,14H,4-9H2,1-3H3. The molecule has 1 N–H and O–H groups in total. The van der Waals surface area contributed by atoms with Crippen LogP contribution < -0.4 is 5.32 Å². The second kappa shape index (κ2) is 7.49. The molecule has 0 radical (unpaired) electrons. The first-order chi connectivity index (χ1) is 7.63. The summed E-state index contributed by atoms with van der Waals surface area (Å²) in [4.78, 5) is 2.47. The lowest BCUT2D eigenvalue weighted by molar-refractivity contribution is -0.0372. The van der Waals surface area contributed by atoms with Crippen LogP contribution >= 0.6 is 11.6 Å². The number of alkyl halides is 1. The summed E-state index contributed by atoms with van der Waals surface area (Å²) in [7, 11) is 0. The highest BCUT2D eigenvalue weighted by atomic mass is 35.5. The van der Waals surface area contributed by atoms with Gasteiger partial charge in [0.15, 0.2) is 0 Å². The van der Waals surface area contributed by atoms with E-state index in [-0.39, 0.29) is 0 Å². The van der Waals surface area contributed by atoms with E-state index in [1.165, 1.54) is 0 Å². The molecule has 0 aromatic rings. The van der Waals surface area contributed by atoms with Crippen molar-refractivity contribution in [1.82, 2.24) is 10.2 Å². The Bertz CT molecular complexity index is 190. The van der Waals surface area contributed by atoms with Crippen LogP contribution in [0.2, 0.25) is 0 Å². The van der Waals surface area contributed by atoms with E-state index >= 15 is 0 Å². The smallest absolute Gasteiger partial charge is 0.0826 e. The lowest BCUT2D eigenvalue weighted by atomic mass is 10.2. The molecular formula is C12H25ClN2O. The molecule has 4 heteroatoms. The molecule has 0 aliphatic carbocycles. The predicted molar refractivity (Wildman–Crippen MR) is 69.2 cm³/mol. The highest BCUT2D eigenvalue weighted by Gasteiger charge is 2.21. The minimum atomic E-state index is 0.332. The zero-order valence-electron chi connectivity index (χ0n) is 10.7. The van der Waals surface area contributed by atoms with Gasteiger partial charge in [0.25, 0.3) is 0 Å². The maximum atomic E-state index is 5.76. The van der Waals surface area contributed by atoms with Crippen LogP contribution in [0.5, 0.6) is 0 Å². The third-order valence-corrected chi connectivity index (χ3v) is 3.56. The van der Waals surface area contributed by atoms with Crippen molar-refractivity contribution < 1.29 is 4.74 Å². The third kappa shape index (κ3) is 5.00. The summed E-state index contributed by atoms with van der Waals surface area (Å²) < 4.78 is 5.74. The monoisotopic (exact) mass is 248 g/mol. The Labute approximate surface area is 104 Å². The number of morpholine rings is 1. The van der Waals surface area contributed by atoms with Gasteiger partial charge in [-0.15, -0.1) is 11.6 Å². The largest absolute Gasteiger partial charge is 0.374 e. The SMILES string of the molecule is CC(CCl)CNCC1CN(C(C)C)CCO1. The van der Waals surface area contributed by atoms with Crippen LogP contribution in [0.3, 0.4) is 0 Å². The van der Waals surface area contributed by atoms with Crippen molar-refractivity contribution >= 4 is 11.6 Å². The van der Waals surface area contributed by atoms with Gasteiger partial charge in [0.2, 0.25) is 0 Å². The zero-order chi connectivity index (χ0) is 12.0. The molecule has 1 saturated heterocycles. The van der Waals surface area contributed by atoms with Crippen LogP contribution in [-0.2, 0) is 4.74 Å². The van der Waals surface area contributed by atoms with Gasteiger partial charge < -0.3 is 10.1 Å². The summed E-state index contributed by atoms with van der Waals surface area (Å²) in [6.07, 6.45) is 0.332. The van der Waals surface area contributed by atoms with Crippen LogP contribution in [0.15, 0.2) is 0 Å². The van der Waals surface area contributed by atoms with Gasteiger partial charge in [-0.05, 0) is 26.3 Å². The fraction of sp³-hybridized carbons (Fsp3) is 1.00. The maximum Gasteiger partial charge on any atom is 0.0826 e. The van der Waals surface area contributed by atoms with Crippen molar-refractivity contribution in [3.8, 4) is 0 Å². The minimum absolute atomic E-state index is 0.332. The summed E-state index contributed by atoms with van der Waals surface area (Å²) in [6, 6.07) is 0.619. The van der Waals surface area contributed by atoms with Crippen LogP contribution in [0, 0.1) is 5.92 Å². The molecule has 2 atom stereocenters. The topological polar surface area (TPSA) is 24.5 Å². The van der Waals surface area contributed by atoms with E-state index in [1.54, 1.807) is 0 Å². The number of nitrogens with zero attached hydrogens (tertiary/aromatic N) is 1. The number of nitrogens with one attached hydrogen (secondary N) is 1. The zero-order valence-corrected chi connectivity index (χ0v) is 11.5. The molecule has 3 nitrogen and oxygen atoms in total.